The Balaban J connectivity index is 0. The molecule has 0 bridgehead atoms. The van der Waals surface area contributed by atoms with Crippen LogP contribution in [0, 0.1) is 0 Å². The van der Waals surface area contributed by atoms with Crippen LogP contribution in [0.4, 0.5) is 0 Å². The summed E-state index contributed by atoms with van der Waals surface area (Å²) in [6.07, 6.45) is 0. The number of hydrogen-bond acceptors (Lipinski definition) is 0. The van der Waals surface area contributed by atoms with E-state index in [0.29, 0.717) is 0 Å². The van der Waals surface area contributed by atoms with Crippen molar-refractivity contribution in [2.45, 2.75) is 0 Å². The van der Waals surface area contributed by atoms with Gasteiger partial charge < -0.3 is 38.3 Å². The summed E-state index contributed by atoms with van der Waals surface area (Å²) in [4.78, 5) is 0. The van der Waals surface area contributed by atoms with E-state index in [1.807, 2.05) is 0 Å². The average Bonchev–Trinajstić information content (AvgIpc) is 0. The molecule has 0 aromatic carbocycles. The van der Waals surface area contributed by atoms with Crippen LogP contribution in [-0.4, -0.2) is 38.3 Å². The fourth-order valence-electron chi connectivity index (χ4n) is 0. The van der Waals surface area contributed by atoms with Gasteiger partial charge in [0.1, 0.15) is 0 Å². The second-order valence-electron chi connectivity index (χ2n) is 0. The monoisotopic (exact) mass is 290 g/mol. The van der Waals surface area contributed by atoms with Gasteiger partial charge in [-0.15, -0.1) is 37.2 Å². The molecule has 0 saturated heterocycles. The first-order valence-electron chi connectivity index (χ1n) is 0. The summed E-state index contributed by atoms with van der Waals surface area (Å²) < 4.78 is 0. The molecule has 0 spiro atoms. The average molecular weight is 291 g/mol. The van der Waals surface area contributed by atoms with Crippen LogP contribution in [0.25, 0.3) is 0 Å². The zero-order chi connectivity index (χ0) is 0. The van der Waals surface area contributed by atoms with Gasteiger partial charge in [-0.25, -0.2) is 0 Å². The van der Waals surface area contributed by atoms with Crippen molar-refractivity contribution >= 4 is 37.2 Å². The summed E-state index contributed by atoms with van der Waals surface area (Å²) in [6, 6.07) is 0. The molecule has 0 saturated carbocycles. The van der Waals surface area contributed by atoms with E-state index >= 15 is 0 Å². The van der Waals surface area contributed by atoms with Crippen molar-refractivity contribution in [1.29, 1.82) is 0 Å². The fraction of sp³-hybridized carbons (Fsp3) is 0. The van der Waals surface area contributed by atoms with Gasteiger partial charge in [0.15, 0.2) is 0 Å². The fourth-order valence-corrected chi connectivity index (χ4v) is 0. The second kappa shape index (κ2) is 922. The Labute approximate surface area is 92.8 Å². The van der Waals surface area contributed by atoms with Gasteiger partial charge in [-0.05, 0) is 0 Å². The molecule has 11 heteroatoms. The molecule has 0 aliphatic heterocycles. The van der Waals surface area contributed by atoms with Crippen LogP contribution in [0.3, 0.4) is 0 Å². The molecule has 0 amide bonds. The van der Waals surface area contributed by atoms with E-state index in [4.69, 9.17) is 0 Å². The van der Waals surface area contributed by atoms with E-state index in [2.05, 4.69) is 0 Å². The quantitative estimate of drug-likeness (QED) is 0.385. The molecule has 0 fully saturated rings. The Morgan fingerprint density at radius 2 is 0.273 bits per heavy atom. The molecule has 88 valence electrons. The van der Waals surface area contributed by atoms with Crippen molar-refractivity contribution in [3.8, 4) is 0 Å². The van der Waals surface area contributed by atoms with Crippen LogP contribution in [0.5, 0.6) is 0 Å². The van der Waals surface area contributed by atoms with E-state index in [1.54, 1.807) is 0 Å². The third-order valence-corrected chi connectivity index (χ3v) is 0. The summed E-state index contributed by atoms with van der Waals surface area (Å²) in [5.74, 6) is 0. The Hall–Kier alpha value is 1.11. The first kappa shape index (κ1) is 1210. The number of halogens is 3. The molecular formula is H17Cl3FeO7. The Morgan fingerprint density at radius 3 is 0.273 bits per heavy atom. The molecule has 11 heavy (non-hydrogen) atoms. The van der Waals surface area contributed by atoms with Gasteiger partial charge in [0.2, 0.25) is 0 Å². The second-order valence-corrected chi connectivity index (χ2v) is 0. The molecular weight excluding hydrogens is 274 g/mol. The van der Waals surface area contributed by atoms with E-state index in [0.717, 1.165) is 0 Å². The smallest absolute Gasteiger partial charge is 0 e. The SMILES string of the molecule is Cl.Cl.Cl.O.O.O.O.O.O.O.[Fe]. The minimum absolute atomic E-state index is 0. The molecule has 0 aromatic rings. The van der Waals surface area contributed by atoms with Crippen LogP contribution in [0.2, 0.25) is 0 Å². The number of rotatable bonds is 0. The summed E-state index contributed by atoms with van der Waals surface area (Å²) in [7, 11) is 0. The van der Waals surface area contributed by atoms with Crippen molar-refractivity contribution < 1.29 is 55.4 Å². The largest absolute Gasteiger partial charge is 0.412 e. The molecule has 14 N–H and O–H groups in total. The van der Waals surface area contributed by atoms with Crippen molar-refractivity contribution in [3.63, 3.8) is 0 Å². The van der Waals surface area contributed by atoms with Gasteiger partial charge in [-0.3, -0.25) is 0 Å². The molecule has 0 aromatic heterocycles. The maximum absolute atomic E-state index is 0. The van der Waals surface area contributed by atoms with Crippen LogP contribution in [0.1, 0.15) is 0 Å². The first-order valence-corrected chi connectivity index (χ1v) is 0. The van der Waals surface area contributed by atoms with E-state index in [1.165, 1.54) is 0 Å². The van der Waals surface area contributed by atoms with Crippen molar-refractivity contribution in [3.05, 3.63) is 0 Å². The van der Waals surface area contributed by atoms with Gasteiger partial charge >= 0.3 is 0 Å². The third kappa shape index (κ3) is 749. The summed E-state index contributed by atoms with van der Waals surface area (Å²) in [6.45, 7) is 0. The zero-order valence-electron chi connectivity index (χ0n) is 5.08. The van der Waals surface area contributed by atoms with Crippen LogP contribution in [-0.2, 0) is 17.1 Å². The molecule has 0 rings (SSSR count). The van der Waals surface area contributed by atoms with E-state index < -0.39 is 0 Å². The van der Waals surface area contributed by atoms with Gasteiger partial charge in [0.25, 0.3) is 0 Å². The maximum atomic E-state index is 0. The standard InChI is InChI=1S/3ClH.Fe.7H2O/h3*1H;;7*1H2. The molecule has 0 radical (unpaired) electrons. The van der Waals surface area contributed by atoms with Crippen molar-refractivity contribution in [2.75, 3.05) is 0 Å². The van der Waals surface area contributed by atoms with E-state index in [9.17, 15) is 0 Å². The van der Waals surface area contributed by atoms with Crippen molar-refractivity contribution in [2.24, 2.45) is 0 Å². The van der Waals surface area contributed by atoms with Crippen molar-refractivity contribution in [1.82, 2.24) is 0 Å². The number of hydrogen-bond donors (Lipinski definition) is 0. The van der Waals surface area contributed by atoms with Gasteiger partial charge in [-0.1, -0.05) is 0 Å². The van der Waals surface area contributed by atoms with Gasteiger partial charge in [-0.2, -0.15) is 0 Å². The molecule has 0 heterocycles. The molecule has 0 atom stereocenters. The Kier molecular flexibility index (Phi) is 102000. The van der Waals surface area contributed by atoms with Crippen LogP contribution in [0.15, 0.2) is 0 Å². The molecule has 0 aliphatic carbocycles. The van der Waals surface area contributed by atoms with E-state index in [-0.39, 0.29) is 92.6 Å². The molecule has 0 unspecified atom stereocenters. The Morgan fingerprint density at radius 1 is 0.273 bits per heavy atom. The predicted molar refractivity (Wildman–Crippen MR) is 47.0 cm³/mol. The third-order valence-electron chi connectivity index (χ3n) is 0. The summed E-state index contributed by atoms with van der Waals surface area (Å²) >= 11 is 0. The maximum Gasteiger partial charge on any atom is 0 e. The topological polar surface area (TPSA) is 220 Å². The van der Waals surface area contributed by atoms with Crippen LogP contribution < -0.4 is 0 Å². The molecule has 0 aliphatic rings. The van der Waals surface area contributed by atoms with Gasteiger partial charge in [0.05, 0.1) is 0 Å². The normalized spacial score (nSPS) is 0. The van der Waals surface area contributed by atoms with Crippen LogP contribution >= 0.6 is 37.2 Å². The predicted octanol–water partition coefficient (Wildman–Crippen LogP) is -4.51. The minimum atomic E-state index is 0. The Bertz CT molecular complexity index is 13.6. The molecule has 7 nitrogen and oxygen atoms in total. The zero-order valence-corrected chi connectivity index (χ0v) is 8.63. The minimum Gasteiger partial charge on any atom is -0.412 e. The van der Waals surface area contributed by atoms with Gasteiger partial charge in [0, 0.05) is 17.1 Å². The summed E-state index contributed by atoms with van der Waals surface area (Å²) in [5.41, 5.74) is 0. The summed E-state index contributed by atoms with van der Waals surface area (Å²) in [5, 5.41) is 0. The first-order chi connectivity index (χ1) is 0.